The summed E-state index contributed by atoms with van der Waals surface area (Å²) in [7, 11) is 0. The lowest BCUT2D eigenvalue weighted by Gasteiger charge is -2.35. The number of carbonyl (C=O) groups is 1. The number of amides is 1. The van der Waals surface area contributed by atoms with Crippen molar-refractivity contribution in [1.29, 1.82) is 5.26 Å². The maximum absolute atomic E-state index is 12.7. The van der Waals surface area contributed by atoms with E-state index in [1.807, 2.05) is 25.1 Å². The number of hydrogen-bond donors (Lipinski definition) is 1. The van der Waals surface area contributed by atoms with Crippen LogP contribution in [0.25, 0.3) is 0 Å². The molecule has 1 heterocycles. The first kappa shape index (κ1) is 14.9. The Kier molecular flexibility index (Phi) is 3.90. The first-order chi connectivity index (χ1) is 11.2. The first-order valence-electron chi connectivity index (χ1n) is 7.50. The van der Waals surface area contributed by atoms with Gasteiger partial charge < -0.3 is 10.5 Å². The van der Waals surface area contributed by atoms with Crippen molar-refractivity contribution in [2.24, 2.45) is 0 Å². The topological polar surface area (TPSA) is 79.3 Å². The minimum Gasteiger partial charge on any atom is -0.478 e. The van der Waals surface area contributed by atoms with Crippen LogP contribution in [0.5, 0.6) is 5.75 Å². The standard InChI is InChI=1S/C18H17N3O2/c1-2-15-18(22)21(11-13-7-4-3-6-12(13)10-19)17-14(20)8-5-9-16(17)23-15/h3-9,15H,2,11,20H2,1H3. The number of hydrogen-bond acceptors (Lipinski definition) is 4. The van der Waals surface area contributed by atoms with Gasteiger partial charge in [-0.1, -0.05) is 31.2 Å². The van der Waals surface area contributed by atoms with Crippen LogP contribution >= 0.6 is 0 Å². The molecule has 1 unspecified atom stereocenters. The highest BCUT2D eigenvalue weighted by Crippen LogP contribution is 2.40. The van der Waals surface area contributed by atoms with Crippen LogP contribution in [0, 0.1) is 11.3 Å². The molecule has 0 bridgehead atoms. The number of ether oxygens (including phenoxy) is 1. The summed E-state index contributed by atoms with van der Waals surface area (Å²) in [5.74, 6) is 0.469. The molecule has 0 saturated heterocycles. The monoisotopic (exact) mass is 307 g/mol. The summed E-state index contributed by atoms with van der Waals surface area (Å²) in [5.41, 5.74) is 8.47. The smallest absolute Gasteiger partial charge is 0.268 e. The number of para-hydroxylation sites is 1. The number of rotatable bonds is 3. The van der Waals surface area contributed by atoms with E-state index in [1.54, 1.807) is 29.2 Å². The Morgan fingerprint density at radius 2 is 2.04 bits per heavy atom. The molecule has 2 N–H and O–H groups in total. The molecule has 1 aliphatic rings. The van der Waals surface area contributed by atoms with E-state index < -0.39 is 6.10 Å². The second-order valence-electron chi connectivity index (χ2n) is 5.40. The van der Waals surface area contributed by atoms with E-state index in [4.69, 9.17) is 10.5 Å². The van der Waals surface area contributed by atoms with Crippen molar-refractivity contribution in [1.82, 2.24) is 0 Å². The number of carbonyl (C=O) groups excluding carboxylic acids is 1. The van der Waals surface area contributed by atoms with Gasteiger partial charge in [-0.3, -0.25) is 9.69 Å². The highest BCUT2D eigenvalue weighted by Gasteiger charge is 2.34. The first-order valence-corrected chi connectivity index (χ1v) is 7.50. The van der Waals surface area contributed by atoms with E-state index in [0.29, 0.717) is 35.7 Å². The molecule has 0 fully saturated rings. The summed E-state index contributed by atoms with van der Waals surface area (Å²) in [6.07, 6.45) is 0.0438. The van der Waals surface area contributed by atoms with E-state index in [-0.39, 0.29) is 5.91 Å². The zero-order valence-electron chi connectivity index (χ0n) is 12.8. The third-order valence-corrected chi connectivity index (χ3v) is 3.95. The van der Waals surface area contributed by atoms with Crippen LogP contribution < -0.4 is 15.4 Å². The number of nitrogens with zero attached hydrogens (tertiary/aromatic N) is 2. The summed E-state index contributed by atoms with van der Waals surface area (Å²) in [4.78, 5) is 14.4. The maximum Gasteiger partial charge on any atom is 0.268 e. The van der Waals surface area contributed by atoms with Crippen molar-refractivity contribution in [3.63, 3.8) is 0 Å². The van der Waals surface area contributed by atoms with Gasteiger partial charge in [0, 0.05) is 0 Å². The zero-order valence-corrected chi connectivity index (χ0v) is 12.8. The molecule has 1 aliphatic heterocycles. The zero-order chi connectivity index (χ0) is 16.4. The predicted molar refractivity (Wildman–Crippen MR) is 87.9 cm³/mol. The molecule has 2 aromatic carbocycles. The minimum atomic E-state index is -0.529. The van der Waals surface area contributed by atoms with Gasteiger partial charge in [-0.15, -0.1) is 0 Å². The van der Waals surface area contributed by atoms with Gasteiger partial charge in [0.05, 0.1) is 23.9 Å². The SMILES string of the molecule is CCC1Oc2cccc(N)c2N(Cc2ccccc2C#N)C1=O. The van der Waals surface area contributed by atoms with Crippen molar-refractivity contribution in [2.75, 3.05) is 10.6 Å². The van der Waals surface area contributed by atoms with Gasteiger partial charge in [0.15, 0.2) is 6.10 Å². The molecule has 116 valence electrons. The van der Waals surface area contributed by atoms with Crippen LogP contribution in [0.4, 0.5) is 11.4 Å². The van der Waals surface area contributed by atoms with E-state index in [0.717, 1.165) is 5.56 Å². The average Bonchev–Trinajstić information content (AvgIpc) is 2.57. The van der Waals surface area contributed by atoms with Crippen molar-refractivity contribution in [3.8, 4) is 11.8 Å². The largest absolute Gasteiger partial charge is 0.478 e. The van der Waals surface area contributed by atoms with E-state index in [9.17, 15) is 10.1 Å². The molecule has 5 heteroatoms. The number of nitrogen functional groups attached to an aromatic ring is 1. The Bertz CT molecular complexity index is 795. The Morgan fingerprint density at radius 1 is 1.26 bits per heavy atom. The number of anilines is 2. The molecule has 0 aliphatic carbocycles. The Hall–Kier alpha value is -3.00. The van der Waals surface area contributed by atoms with Gasteiger partial charge in [0.1, 0.15) is 11.4 Å². The fourth-order valence-corrected chi connectivity index (χ4v) is 2.76. The maximum atomic E-state index is 12.7. The molecule has 0 aromatic heterocycles. The normalized spacial score (nSPS) is 16.4. The molecule has 23 heavy (non-hydrogen) atoms. The van der Waals surface area contributed by atoms with E-state index in [1.165, 1.54) is 0 Å². The lowest BCUT2D eigenvalue weighted by atomic mass is 10.1. The van der Waals surface area contributed by atoms with Gasteiger partial charge in [-0.2, -0.15) is 5.26 Å². The van der Waals surface area contributed by atoms with Gasteiger partial charge in [0.25, 0.3) is 5.91 Å². The molecule has 1 amide bonds. The lowest BCUT2D eigenvalue weighted by Crippen LogP contribution is -2.45. The summed E-state index contributed by atoms with van der Waals surface area (Å²) >= 11 is 0. The molecule has 0 radical (unpaired) electrons. The molecular formula is C18H17N3O2. The quantitative estimate of drug-likeness (QED) is 0.884. The molecule has 5 nitrogen and oxygen atoms in total. The van der Waals surface area contributed by atoms with Gasteiger partial charge in [0.2, 0.25) is 0 Å². The van der Waals surface area contributed by atoms with Crippen molar-refractivity contribution < 1.29 is 9.53 Å². The van der Waals surface area contributed by atoms with Crippen molar-refractivity contribution >= 4 is 17.3 Å². The van der Waals surface area contributed by atoms with Crippen molar-refractivity contribution in [2.45, 2.75) is 26.0 Å². The molecular weight excluding hydrogens is 290 g/mol. The Balaban J connectivity index is 2.07. The number of nitrogens with two attached hydrogens (primary N) is 1. The van der Waals surface area contributed by atoms with Crippen LogP contribution in [0.15, 0.2) is 42.5 Å². The van der Waals surface area contributed by atoms with Crippen LogP contribution in [0.1, 0.15) is 24.5 Å². The molecule has 3 rings (SSSR count). The van der Waals surface area contributed by atoms with Crippen LogP contribution in [-0.2, 0) is 11.3 Å². The molecule has 1 atom stereocenters. The summed E-state index contributed by atoms with van der Waals surface area (Å²) < 4.78 is 5.76. The Morgan fingerprint density at radius 3 is 2.78 bits per heavy atom. The van der Waals surface area contributed by atoms with Crippen molar-refractivity contribution in [3.05, 3.63) is 53.6 Å². The van der Waals surface area contributed by atoms with Crippen LogP contribution in [-0.4, -0.2) is 12.0 Å². The molecule has 0 saturated carbocycles. The predicted octanol–water partition coefficient (Wildman–Crippen LogP) is 2.84. The van der Waals surface area contributed by atoms with Crippen LogP contribution in [0.2, 0.25) is 0 Å². The lowest BCUT2D eigenvalue weighted by molar-refractivity contribution is -0.126. The summed E-state index contributed by atoms with van der Waals surface area (Å²) in [6, 6.07) is 14.8. The highest BCUT2D eigenvalue weighted by atomic mass is 16.5. The van der Waals surface area contributed by atoms with Crippen LogP contribution in [0.3, 0.4) is 0 Å². The highest BCUT2D eigenvalue weighted by molar-refractivity contribution is 6.02. The Labute approximate surface area is 134 Å². The molecule has 2 aromatic rings. The van der Waals surface area contributed by atoms with E-state index in [2.05, 4.69) is 6.07 Å². The molecule has 0 spiro atoms. The number of nitriles is 1. The second-order valence-corrected chi connectivity index (χ2v) is 5.40. The van der Waals surface area contributed by atoms with Gasteiger partial charge >= 0.3 is 0 Å². The fraction of sp³-hybridized carbons (Fsp3) is 0.222. The number of fused-ring (bicyclic) bond motifs is 1. The third kappa shape index (κ3) is 2.59. The second kappa shape index (κ2) is 6.01. The van der Waals surface area contributed by atoms with E-state index >= 15 is 0 Å². The summed E-state index contributed by atoms with van der Waals surface area (Å²) in [5, 5.41) is 9.26. The number of benzene rings is 2. The fourth-order valence-electron chi connectivity index (χ4n) is 2.76. The van der Waals surface area contributed by atoms with Gasteiger partial charge in [-0.05, 0) is 30.2 Å². The summed E-state index contributed by atoms with van der Waals surface area (Å²) in [6.45, 7) is 2.20. The minimum absolute atomic E-state index is 0.134. The van der Waals surface area contributed by atoms with Gasteiger partial charge in [-0.25, -0.2) is 0 Å². The third-order valence-electron chi connectivity index (χ3n) is 3.95. The average molecular weight is 307 g/mol.